The summed E-state index contributed by atoms with van der Waals surface area (Å²) < 4.78 is 0. The second-order valence-electron chi connectivity index (χ2n) is 6.50. The van der Waals surface area contributed by atoms with Crippen molar-refractivity contribution in [3.8, 4) is 0 Å². The summed E-state index contributed by atoms with van der Waals surface area (Å²) in [6.45, 7) is 9.11. The van der Waals surface area contributed by atoms with Crippen LogP contribution >= 0.6 is 0 Å². The Balaban J connectivity index is 2.44. The van der Waals surface area contributed by atoms with Crippen molar-refractivity contribution in [2.24, 2.45) is 11.7 Å². The molecule has 1 aliphatic carbocycles. The van der Waals surface area contributed by atoms with Crippen LogP contribution in [0.2, 0.25) is 0 Å². The third-order valence-corrected chi connectivity index (χ3v) is 3.62. The van der Waals surface area contributed by atoms with Crippen molar-refractivity contribution in [3.63, 3.8) is 0 Å². The van der Waals surface area contributed by atoms with Crippen LogP contribution in [-0.2, 0) is 0 Å². The first kappa shape index (κ1) is 14.9. The van der Waals surface area contributed by atoms with Crippen LogP contribution in [0.25, 0.3) is 0 Å². The SMILES string of the molecule is CC(C)CN(CCN(C)C)CC1(N)CCCC1. The van der Waals surface area contributed by atoms with E-state index < -0.39 is 0 Å². The Hall–Kier alpha value is -0.120. The van der Waals surface area contributed by atoms with Gasteiger partial charge in [-0.2, -0.15) is 0 Å². The van der Waals surface area contributed by atoms with E-state index in [4.69, 9.17) is 5.73 Å². The van der Waals surface area contributed by atoms with E-state index in [0.29, 0.717) is 0 Å². The molecule has 2 N–H and O–H groups in total. The molecule has 0 bridgehead atoms. The lowest BCUT2D eigenvalue weighted by Gasteiger charge is -2.34. The fraction of sp³-hybridized carbons (Fsp3) is 1.00. The van der Waals surface area contributed by atoms with Crippen molar-refractivity contribution in [1.82, 2.24) is 9.80 Å². The van der Waals surface area contributed by atoms with E-state index in [-0.39, 0.29) is 5.54 Å². The molecule has 0 spiro atoms. The first-order valence-corrected chi connectivity index (χ1v) is 7.07. The molecule has 1 aliphatic rings. The van der Waals surface area contributed by atoms with Gasteiger partial charge in [-0.3, -0.25) is 4.90 Å². The lowest BCUT2D eigenvalue weighted by atomic mass is 9.98. The Bertz CT molecular complexity index is 208. The summed E-state index contributed by atoms with van der Waals surface area (Å²) in [6, 6.07) is 0. The highest BCUT2D eigenvalue weighted by Gasteiger charge is 2.31. The third kappa shape index (κ3) is 5.84. The normalized spacial score (nSPS) is 19.8. The molecule has 0 radical (unpaired) electrons. The quantitative estimate of drug-likeness (QED) is 0.737. The summed E-state index contributed by atoms with van der Waals surface area (Å²) in [5.74, 6) is 0.724. The maximum absolute atomic E-state index is 6.49. The molecule has 1 rings (SSSR count). The minimum absolute atomic E-state index is 0.0984. The van der Waals surface area contributed by atoms with E-state index >= 15 is 0 Å². The van der Waals surface area contributed by atoms with Gasteiger partial charge >= 0.3 is 0 Å². The number of nitrogens with zero attached hydrogens (tertiary/aromatic N) is 2. The van der Waals surface area contributed by atoms with Crippen LogP contribution in [0.4, 0.5) is 0 Å². The van der Waals surface area contributed by atoms with Gasteiger partial charge in [-0.25, -0.2) is 0 Å². The molecule has 1 saturated carbocycles. The lowest BCUT2D eigenvalue weighted by Crippen LogP contribution is -2.50. The standard InChI is InChI=1S/C14H31N3/c1-13(2)11-17(10-9-16(3)4)12-14(15)7-5-6-8-14/h13H,5-12,15H2,1-4H3. The van der Waals surface area contributed by atoms with Crippen LogP contribution in [0.3, 0.4) is 0 Å². The van der Waals surface area contributed by atoms with Gasteiger partial charge in [0.2, 0.25) is 0 Å². The molecule has 1 fully saturated rings. The minimum Gasteiger partial charge on any atom is -0.324 e. The molecule has 0 aromatic carbocycles. The average Bonchev–Trinajstić information content (AvgIpc) is 2.60. The minimum atomic E-state index is 0.0984. The molecule has 0 aromatic rings. The lowest BCUT2D eigenvalue weighted by molar-refractivity contribution is 0.175. The summed E-state index contributed by atoms with van der Waals surface area (Å²) in [6.07, 6.45) is 5.06. The Labute approximate surface area is 107 Å². The Morgan fingerprint density at radius 1 is 1.12 bits per heavy atom. The molecule has 0 heterocycles. The second-order valence-corrected chi connectivity index (χ2v) is 6.50. The van der Waals surface area contributed by atoms with Crippen LogP contribution in [0.1, 0.15) is 39.5 Å². The van der Waals surface area contributed by atoms with E-state index in [0.717, 1.165) is 25.6 Å². The van der Waals surface area contributed by atoms with Gasteiger partial charge in [-0.15, -0.1) is 0 Å². The number of likely N-dealkylation sites (N-methyl/N-ethyl adjacent to an activating group) is 1. The number of nitrogens with two attached hydrogens (primary N) is 1. The van der Waals surface area contributed by atoms with E-state index in [2.05, 4.69) is 37.7 Å². The van der Waals surface area contributed by atoms with Gasteiger partial charge in [0.25, 0.3) is 0 Å². The van der Waals surface area contributed by atoms with Crippen molar-refractivity contribution < 1.29 is 0 Å². The van der Waals surface area contributed by atoms with Gasteiger partial charge < -0.3 is 10.6 Å². The van der Waals surface area contributed by atoms with Gasteiger partial charge in [0.05, 0.1) is 0 Å². The van der Waals surface area contributed by atoms with Crippen molar-refractivity contribution in [2.75, 3.05) is 40.3 Å². The number of hydrogen-bond acceptors (Lipinski definition) is 3. The Morgan fingerprint density at radius 3 is 2.18 bits per heavy atom. The topological polar surface area (TPSA) is 32.5 Å². The maximum atomic E-state index is 6.49. The monoisotopic (exact) mass is 241 g/mol. The Kier molecular flexibility index (Phi) is 5.90. The predicted octanol–water partition coefficient (Wildman–Crippen LogP) is 1.78. The van der Waals surface area contributed by atoms with Gasteiger partial charge in [0.15, 0.2) is 0 Å². The highest BCUT2D eigenvalue weighted by atomic mass is 15.2. The molecule has 0 aliphatic heterocycles. The summed E-state index contributed by atoms with van der Waals surface area (Å²) in [5, 5.41) is 0. The van der Waals surface area contributed by atoms with Crippen LogP contribution in [0, 0.1) is 5.92 Å². The van der Waals surface area contributed by atoms with Crippen LogP contribution in [0.5, 0.6) is 0 Å². The highest BCUT2D eigenvalue weighted by Crippen LogP contribution is 2.28. The molecule has 102 valence electrons. The van der Waals surface area contributed by atoms with Crippen molar-refractivity contribution in [2.45, 2.75) is 45.1 Å². The zero-order valence-corrected chi connectivity index (χ0v) is 12.2. The molecule has 0 aromatic heterocycles. The maximum Gasteiger partial charge on any atom is 0.0283 e. The second kappa shape index (κ2) is 6.72. The summed E-state index contributed by atoms with van der Waals surface area (Å²) >= 11 is 0. The van der Waals surface area contributed by atoms with Gasteiger partial charge in [-0.1, -0.05) is 26.7 Å². The molecule has 3 heteroatoms. The summed E-state index contributed by atoms with van der Waals surface area (Å²) in [4.78, 5) is 4.82. The summed E-state index contributed by atoms with van der Waals surface area (Å²) in [5.41, 5.74) is 6.59. The van der Waals surface area contributed by atoms with Crippen molar-refractivity contribution >= 4 is 0 Å². The van der Waals surface area contributed by atoms with Gasteiger partial charge in [0, 0.05) is 31.7 Å². The van der Waals surface area contributed by atoms with E-state index in [9.17, 15) is 0 Å². The molecule has 3 nitrogen and oxygen atoms in total. The largest absolute Gasteiger partial charge is 0.324 e. The van der Waals surface area contributed by atoms with Crippen molar-refractivity contribution in [1.29, 1.82) is 0 Å². The van der Waals surface area contributed by atoms with Crippen LogP contribution in [0.15, 0.2) is 0 Å². The molecular weight excluding hydrogens is 210 g/mol. The molecule has 0 atom stereocenters. The highest BCUT2D eigenvalue weighted by molar-refractivity contribution is 4.92. The summed E-state index contributed by atoms with van der Waals surface area (Å²) in [7, 11) is 4.28. The fourth-order valence-electron chi connectivity index (χ4n) is 2.78. The average molecular weight is 241 g/mol. The number of hydrogen-bond donors (Lipinski definition) is 1. The first-order chi connectivity index (χ1) is 7.91. The zero-order chi connectivity index (χ0) is 12.9. The van der Waals surface area contributed by atoms with Crippen LogP contribution < -0.4 is 5.73 Å². The van der Waals surface area contributed by atoms with Crippen LogP contribution in [-0.4, -0.2) is 55.6 Å². The molecule has 17 heavy (non-hydrogen) atoms. The van der Waals surface area contributed by atoms with E-state index in [1.54, 1.807) is 0 Å². The van der Waals surface area contributed by atoms with Gasteiger partial charge in [0.1, 0.15) is 0 Å². The number of rotatable bonds is 7. The first-order valence-electron chi connectivity index (χ1n) is 7.07. The predicted molar refractivity (Wildman–Crippen MR) is 75.2 cm³/mol. The fourth-order valence-corrected chi connectivity index (χ4v) is 2.78. The zero-order valence-electron chi connectivity index (χ0n) is 12.2. The van der Waals surface area contributed by atoms with Gasteiger partial charge in [-0.05, 0) is 32.9 Å². The van der Waals surface area contributed by atoms with E-state index in [1.165, 1.54) is 32.2 Å². The third-order valence-electron chi connectivity index (χ3n) is 3.62. The molecule has 0 saturated heterocycles. The smallest absolute Gasteiger partial charge is 0.0283 e. The molecule has 0 unspecified atom stereocenters. The molecular formula is C14H31N3. The van der Waals surface area contributed by atoms with E-state index in [1.807, 2.05) is 0 Å². The Morgan fingerprint density at radius 2 is 1.71 bits per heavy atom. The van der Waals surface area contributed by atoms with Crippen molar-refractivity contribution in [3.05, 3.63) is 0 Å². The molecule has 0 amide bonds.